The Labute approximate surface area is 64.0 Å². The smallest absolute Gasteiger partial charge is 0.178 e. The van der Waals surface area contributed by atoms with Gasteiger partial charge in [0.2, 0.25) is 0 Å². The van der Waals surface area contributed by atoms with E-state index >= 15 is 0 Å². The van der Waals surface area contributed by atoms with Gasteiger partial charge in [0.05, 0.1) is 0 Å². The molecule has 0 N–H and O–H groups in total. The van der Waals surface area contributed by atoms with E-state index in [2.05, 4.69) is 12.6 Å². The van der Waals surface area contributed by atoms with Gasteiger partial charge in [-0.3, -0.25) is 0 Å². The van der Waals surface area contributed by atoms with E-state index in [9.17, 15) is 26.3 Å². The predicted octanol–water partition coefficient (Wildman–Crippen LogP) is 2.66. The predicted molar refractivity (Wildman–Crippen MR) is 29.5 cm³/mol. The van der Waals surface area contributed by atoms with Crippen LogP contribution in [0.1, 0.15) is 0 Å². The van der Waals surface area contributed by atoms with E-state index in [1.807, 2.05) is 0 Å². The van der Waals surface area contributed by atoms with Crippen LogP contribution in [-0.2, 0) is 0 Å². The van der Waals surface area contributed by atoms with Gasteiger partial charge in [-0.2, -0.15) is 39.0 Å². The van der Waals surface area contributed by atoms with E-state index in [0.29, 0.717) is 0 Å². The van der Waals surface area contributed by atoms with Crippen LogP contribution < -0.4 is 0 Å². The van der Waals surface area contributed by atoms with Crippen LogP contribution in [0.5, 0.6) is 0 Å². The van der Waals surface area contributed by atoms with E-state index < -0.39 is 24.0 Å². The summed E-state index contributed by atoms with van der Waals surface area (Å²) < 4.78 is 68.7. The quantitative estimate of drug-likeness (QED) is 0.486. The van der Waals surface area contributed by atoms with Crippen LogP contribution in [-0.4, -0.2) is 18.1 Å². The summed E-state index contributed by atoms with van der Waals surface area (Å²) in [5.41, 5.74) is 0. The molecule has 0 aliphatic rings. The first-order chi connectivity index (χ1) is 4.69. The van der Waals surface area contributed by atoms with Crippen molar-refractivity contribution in [3.63, 3.8) is 0 Å². The highest BCUT2D eigenvalue weighted by molar-refractivity contribution is 7.80. The van der Waals surface area contributed by atoms with Crippen LogP contribution in [0.3, 0.4) is 0 Å². The maximum atomic E-state index is 11.4. The Balaban J connectivity index is 4.43. The standard InChI is InChI=1S/C4H4F6S/c5-3(6,7)2(1-11)4(8,9)10/h2,11H,1H2. The summed E-state index contributed by atoms with van der Waals surface area (Å²) in [4.78, 5) is 0. The molecule has 0 saturated carbocycles. The lowest BCUT2D eigenvalue weighted by Gasteiger charge is -2.20. The first-order valence-electron chi connectivity index (χ1n) is 2.44. The largest absolute Gasteiger partial charge is 0.401 e. The third kappa shape index (κ3) is 3.22. The molecule has 0 fully saturated rings. The minimum atomic E-state index is -5.25. The van der Waals surface area contributed by atoms with Crippen LogP contribution in [0.2, 0.25) is 0 Å². The first-order valence-corrected chi connectivity index (χ1v) is 3.07. The molecule has 0 aromatic rings. The van der Waals surface area contributed by atoms with Crippen molar-refractivity contribution in [2.45, 2.75) is 12.4 Å². The molecule has 0 nitrogen and oxygen atoms in total. The molecule has 0 rings (SSSR count). The Morgan fingerprint density at radius 2 is 1.18 bits per heavy atom. The second-order valence-corrected chi connectivity index (χ2v) is 2.18. The molecular weight excluding hydrogens is 194 g/mol. The van der Waals surface area contributed by atoms with Crippen molar-refractivity contribution in [1.82, 2.24) is 0 Å². The normalized spacial score (nSPS) is 14.2. The Morgan fingerprint density at radius 1 is 0.909 bits per heavy atom. The van der Waals surface area contributed by atoms with Gasteiger partial charge in [-0.15, -0.1) is 0 Å². The van der Waals surface area contributed by atoms with Crippen LogP contribution in [0.4, 0.5) is 26.3 Å². The van der Waals surface area contributed by atoms with Crippen molar-refractivity contribution in [2.75, 3.05) is 5.75 Å². The van der Waals surface area contributed by atoms with Gasteiger partial charge in [0.1, 0.15) is 0 Å². The van der Waals surface area contributed by atoms with E-state index in [4.69, 9.17) is 0 Å². The van der Waals surface area contributed by atoms with Crippen molar-refractivity contribution >= 4 is 12.6 Å². The SMILES string of the molecule is FC(F)(F)C(CS)C(F)(F)F. The lowest BCUT2D eigenvalue weighted by molar-refractivity contribution is -0.276. The fourth-order valence-corrected chi connectivity index (χ4v) is 0.807. The highest BCUT2D eigenvalue weighted by Crippen LogP contribution is 2.39. The average Bonchev–Trinajstić information content (AvgIpc) is 1.56. The molecular formula is C4H4F6S. The topological polar surface area (TPSA) is 0 Å². The molecule has 0 aromatic carbocycles. The zero-order valence-electron chi connectivity index (χ0n) is 5.00. The lowest BCUT2D eigenvalue weighted by atomic mass is 10.1. The maximum Gasteiger partial charge on any atom is 0.401 e. The molecule has 68 valence electrons. The van der Waals surface area contributed by atoms with Gasteiger partial charge >= 0.3 is 12.4 Å². The molecule has 0 spiro atoms. The van der Waals surface area contributed by atoms with Crippen molar-refractivity contribution in [1.29, 1.82) is 0 Å². The van der Waals surface area contributed by atoms with Crippen LogP contribution in [0.15, 0.2) is 0 Å². The van der Waals surface area contributed by atoms with Gasteiger partial charge < -0.3 is 0 Å². The number of rotatable bonds is 1. The molecule has 11 heavy (non-hydrogen) atoms. The van der Waals surface area contributed by atoms with Gasteiger partial charge in [-0.25, -0.2) is 0 Å². The first kappa shape index (κ1) is 10.9. The molecule has 0 heterocycles. The third-order valence-corrected chi connectivity index (χ3v) is 1.34. The van der Waals surface area contributed by atoms with Crippen LogP contribution >= 0.6 is 12.6 Å². The minimum absolute atomic E-state index is 1.27. The van der Waals surface area contributed by atoms with Crippen LogP contribution in [0, 0.1) is 5.92 Å². The number of thiol groups is 1. The summed E-state index contributed by atoms with van der Waals surface area (Å²) >= 11 is 2.96. The van der Waals surface area contributed by atoms with Crippen molar-refractivity contribution in [3.05, 3.63) is 0 Å². The van der Waals surface area contributed by atoms with E-state index in [-0.39, 0.29) is 0 Å². The molecule has 0 amide bonds. The summed E-state index contributed by atoms with van der Waals surface area (Å²) in [6, 6.07) is 0. The highest BCUT2D eigenvalue weighted by atomic mass is 32.1. The summed E-state index contributed by atoms with van der Waals surface area (Å²) in [5, 5.41) is 0. The molecule has 0 aliphatic heterocycles. The van der Waals surface area contributed by atoms with Crippen molar-refractivity contribution in [3.8, 4) is 0 Å². The van der Waals surface area contributed by atoms with Gasteiger partial charge in [-0.1, -0.05) is 0 Å². The number of halogens is 6. The third-order valence-electron chi connectivity index (χ3n) is 0.973. The van der Waals surface area contributed by atoms with Crippen molar-refractivity contribution in [2.24, 2.45) is 5.92 Å². The Bertz CT molecular complexity index is 110. The molecule has 7 heteroatoms. The second-order valence-electron chi connectivity index (χ2n) is 1.82. The maximum absolute atomic E-state index is 11.4. The lowest BCUT2D eigenvalue weighted by Crippen LogP contribution is -2.37. The zero-order chi connectivity index (χ0) is 9.28. The number of hydrogen-bond donors (Lipinski definition) is 1. The highest BCUT2D eigenvalue weighted by Gasteiger charge is 2.55. The molecule has 0 unspecified atom stereocenters. The Hall–Kier alpha value is -0.0700. The van der Waals surface area contributed by atoms with Crippen molar-refractivity contribution < 1.29 is 26.3 Å². The van der Waals surface area contributed by atoms with E-state index in [0.717, 1.165) is 0 Å². The fraction of sp³-hybridized carbons (Fsp3) is 1.00. The Kier molecular flexibility index (Phi) is 3.10. The molecule has 0 radical (unpaired) electrons. The van der Waals surface area contributed by atoms with E-state index in [1.54, 1.807) is 0 Å². The number of hydrogen-bond acceptors (Lipinski definition) is 1. The van der Waals surface area contributed by atoms with Gasteiger partial charge in [-0.05, 0) is 0 Å². The number of alkyl halides is 6. The Morgan fingerprint density at radius 3 is 1.18 bits per heavy atom. The molecule has 0 aliphatic carbocycles. The second kappa shape index (κ2) is 3.12. The molecule has 0 aromatic heterocycles. The van der Waals surface area contributed by atoms with Gasteiger partial charge in [0.25, 0.3) is 0 Å². The minimum Gasteiger partial charge on any atom is -0.178 e. The summed E-state index contributed by atoms with van der Waals surface area (Å²) in [6.45, 7) is 0. The molecule has 0 bridgehead atoms. The summed E-state index contributed by atoms with van der Waals surface area (Å²) in [6.07, 6.45) is -10.5. The molecule has 0 saturated heterocycles. The average molecular weight is 198 g/mol. The fourth-order valence-electron chi connectivity index (χ4n) is 0.393. The van der Waals surface area contributed by atoms with Gasteiger partial charge in [0.15, 0.2) is 5.92 Å². The summed E-state index contributed by atoms with van der Waals surface area (Å²) in [7, 11) is 0. The molecule has 0 atom stereocenters. The van der Waals surface area contributed by atoms with Crippen LogP contribution in [0.25, 0.3) is 0 Å². The summed E-state index contributed by atoms with van der Waals surface area (Å²) in [5.74, 6) is -4.59. The van der Waals surface area contributed by atoms with Gasteiger partial charge in [0, 0.05) is 5.75 Å². The monoisotopic (exact) mass is 198 g/mol. The zero-order valence-corrected chi connectivity index (χ0v) is 5.89. The van der Waals surface area contributed by atoms with E-state index in [1.165, 1.54) is 0 Å².